The van der Waals surface area contributed by atoms with Crippen molar-refractivity contribution in [3.05, 3.63) is 156 Å². The van der Waals surface area contributed by atoms with Gasteiger partial charge in [0, 0.05) is 28.4 Å². The van der Waals surface area contributed by atoms with E-state index in [-0.39, 0.29) is 41.3 Å². The first-order chi connectivity index (χ1) is 25.7. The lowest BCUT2D eigenvalue weighted by atomic mass is 9.44. The molecule has 2 amide bonds. The van der Waals surface area contributed by atoms with Gasteiger partial charge in [0.25, 0.3) is 0 Å². The average molecular weight is 700 g/mol. The van der Waals surface area contributed by atoms with Gasteiger partial charge in [-0.05, 0) is 58.9 Å². The molecule has 1 heterocycles. The van der Waals surface area contributed by atoms with Crippen molar-refractivity contribution in [1.29, 1.82) is 0 Å². The zero-order valence-corrected chi connectivity index (χ0v) is 28.5. The van der Waals surface area contributed by atoms with Gasteiger partial charge in [-0.2, -0.15) is 0 Å². The van der Waals surface area contributed by atoms with E-state index in [0.29, 0.717) is 27.6 Å². The number of phenols is 1. The third-order valence-corrected chi connectivity index (χ3v) is 12.0. The predicted molar refractivity (Wildman–Crippen MR) is 201 cm³/mol. The Kier molecular flexibility index (Phi) is 7.69. The van der Waals surface area contributed by atoms with Crippen molar-refractivity contribution in [1.82, 2.24) is 0 Å². The van der Waals surface area contributed by atoms with Gasteiger partial charge in [0.15, 0.2) is 11.6 Å². The number of amides is 2. The molecule has 260 valence electrons. The molecule has 0 aromatic heterocycles. The second kappa shape index (κ2) is 12.4. The van der Waals surface area contributed by atoms with E-state index < -0.39 is 53.9 Å². The van der Waals surface area contributed by atoms with Crippen LogP contribution in [0.15, 0.2) is 139 Å². The molecule has 9 heteroatoms. The Hall–Kier alpha value is -5.90. The molecule has 9 rings (SSSR count). The van der Waals surface area contributed by atoms with Gasteiger partial charge in [-0.3, -0.25) is 24.1 Å². The molecule has 3 N–H and O–H groups in total. The Bertz CT molecular complexity index is 2420. The van der Waals surface area contributed by atoms with Crippen LogP contribution in [0.2, 0.25) is 0 Å². The summed E-state index contributed by atoms with van der Waals surface area (Å²) in [6.07, 6.45) is 3.77. The summed E-state index contributed by atoms with van der Waals surface area (Å²) in [6.45, 7) is 0. The van der Waals surface area contributed by atoms with E-state index in [4.69, 9.17) is 0 Å². The number of carbonyl (C=O) groups excluding carboxylic acids is 4. The van der Waals surface area contributed by atoms with E-state index in [0.717, 1.165) is 15.9 Å². The SMILES string of the molecule is O=C1C(c2ccccc2)=CC(=O)C2(c3ccccc3)C1CC1C(=CCC3C(=O)N(c4cccc(B(O)O)c4)C(=O)C31)C2c1ccc2ccccc2c1O. The highest BCUT2D eigenvalue weighted by Crippen LogP contribution is 2.64. The number of ketones is 2. The van der Waals surface area contributed by atoms with Crippen LogP contribution in [0.4, 0.5) is 5.69 Å². The monoisotopic (exact) mass is 699 g/mol. The van der Waals surface area contributed by atoms with Crippen molar-refractivity contribution < 1.29 is 34.3 Å². The van der Waals surface area contributed by atoms with Crippen LogP contribution in [-0.4, -0.2) is 45.7 Å². The topological polar surface area (TPSA) is 132 Å². The number of allylic oxidation sites excluding steroid dienone is 4. The van der Waals surface area contributed by atoms with Crippen LogP contribution in [-0.2, 0) is 24.6 Å². The maximum Gasteiger partial charge on any atom is 0.488 e. The Balaban J connectivity index is 1.28. The maximum absolute atomic E-state index is 15.3. The van der Waals surface area contributed by atoms with Crippen LogP contribution in [0.5, 0.6) is 5.75 Å². The molecule has 0 radical (unpaired) electrons. The third-order valence-electron chi connectivity index (χ3n) is 12.0. The van der Waals surface area contributed by atoms with Gasteiger partial charge in [0.05, 0.1) is 22.9 Å². The van der Waals surface area contributed by atoms with E-state index in [9.17, 15) is 24.7 Å². The number of hydrogen-bond acceptors (Lipinski definition) is 7. The van der Waals surface area contributed by atoms with Gasteiger partial charge in [-0.1, -0.05) is 121 Å². The minimum atomic E-state index is -1.79. The number of carbonyl (C=O) groups is 4. The number of aromatic hydroxyl groups is 1. The largest absolute Gasteiger partial charge is 0.507 e. The minimum Gasteiger partial charge on any atom is -0.507 e. The molecule has 6 atom stereocenters. The molecule has 1 saturated carbocycles. The normalized spacial score (nSPS) is 26.5. The van der Waals surface area contributed by atoms with Crippen LogP contribution in [0, 0.1) is 23.7 Å². The second-order valence-corrected chi connectivity index (χ2v) is 14.5. The molecule has 53 heavy (non-hydrogen) atoms. The Morgan fingerprint density at radius 1 is 0.736 bits per heavy atom. The fraction of sp³-hybridized carbons (Fsp3) is 0.182. The average Bonchev–Trinajstić information content (AvgIpc) is 3.45. The molecular formula is C44H34BNO7. The number of benzene rings is 5. The van der Waals surface area contributed by atoms with E-state index >= 15 is 9.59 Å². The van der Waals surface area contributed by atoms with E-state index in [2.05, 4.69) is 0 Å². The fourth-order valence-corrected chi connectivity index (χ4v) is 9.80. The minimum absolute atomic E-state index is 0.00116. The quantitative estimate of drug-likeness (QED) is 0.130. The molecule has 3 aliphatic carbocycles. The lowest BCUT2D eigenvalue weighted by Crippen LogP contribution is -2.58. The van der Waals surface area contributed by atoms with Crippen LogP contribution < -0.4 is 10.4 Å². The van der Waals surface area contributed by atoms with Crippen molar-refractivity contribution in [2.75, 3.05) is 4.90 Å². The lowest BCUT2D eigenvalue weighted by molar-refractivity contribution is -0.135. The number of rotatable bonds is 5. The molecule has 5 aromatic carbocycles. The van der Waals surface area contributed by atoms with E-state index in [1.165, 1.54) is 18.2 Å². The molecule has 5 aromatic rings. The number of anilines is 1. The highest BCUT2D eigenvalue weighted by atomic mass is 16.4. The van der Waals surface area contributed by atoms with Gasteiger partial charge in [-0.25, -0.2) is 0 Å². The fourth-order valence-electron chi connectivity index (χ4n) is 9.80. The maximum atomic E-state index is 15.3. The first-order valence-corrected chi connectivity index (χ1v) is 17.9. The second-order valence-electron chi connectivity index (χ2n) is 14.5. The third kappa shape index (κ3) is 4.77. The standard InChI is InChI=1S/C44H34BNO7/c47-37-24-34(25-10-3-1-4-11-25)41(49)36-23-35-31(20-21-32-38(35)43(51)46(42(32)50)29-16-9-15-28(22-29)45(52)53)39(44(36,37)27-13-5-2-6-14-27)33-19-18-26-12-7-8-17-30(26)40(33)48/h1-20,22,24,32,35-36,38-39,48,52-53H,21,23H2. The summed E-state index contributed by atoms with van der Waals surface area (Å²) in [7, 11) is -1.79. The van der Waals surface area contributed by atoms with Crippen molar-refractivity contribution in [2.45, 2.75) is 24.2 Å². The van der Waals surface area contributed by atoms with Crippen LogP contribution in [0.3, 0.4) is 0 Å². The highest BCUT2D eigenvalue weighted by molar-refractivity contribution is 6.58. The number of hydrogen-bond donors (Lipinski definition) is 3. The molecule has 1 saturated heterocycles. The smallest absolute Gasteiger partial charge is 0.488 e. The van der Waals surface area contributed by atoms with Gasteiger partial charge < -0.3 is 15.2 Å². The van der Waals surface area contributed by atoms with Gasteiger partial charge in [-0.15, -0.1) is 0 Å². The Morgan fingerprint density at radius 2 is 1.45 bits per heavy atom. The van der Waals surface area contributed by atoms with Crippen molar-refractivity contribution in [3.63, 3.8) is 0 Å². The summed E-state index contributed by atoms with van der Waals surface area (Å²) < 4.78 is 0. The summed E-state index contributed by atoms with van der Waals surface area (Å²) in [6, 6.07) is 35.6. The summed E-state index contributed by atoms with van der Waals surface area (Å²) in [4.78, 5) is 60.4. The first-order valence-electron chi connectivity index (χ1n) is 17.9. The Morgan fingerprint density at radius 3 is 2.21 bits per heavy atom. The number of nitrogens with zero attached hydrogens (tertiary/aromatic N) is 1. The molecule has 2 fully saturated rings. The van der Waals surface area contributed by atoms with Crippen molar-refractivity contribution >= 4 is 58.0 Å². The van der Waals surface area contributed by atoms with E-state index in [1.807, 2.05) is 91.0 Å². The lowest BCUT2D eigenvalue weighted by Gasteiger charge is -2.55. The Labute approximate surface area is 305 Å². The van der Waals surface area contributed by atoms with Crippen molar-refractivity contribution in [3.8, 4) is 5.75 Å². The number of phenolic OH excluding ortho intramolecular Hbond substituents is 1. The van der Waals surface area contributed by atoms with Gasteiger partial charge in [0.2, 0.25) is 11.8 Å². The van der Waals surface area contributed by atoms with Crippen LogP contribution >= 0.6 is 0 Å². The zero-order chi connectivity index (χ0) is 36.6. The zero-order valence-electron chi connectivity index (χ0n) is 28.5. The molecule has 4 aliphatic rings. The van der Waals surface area contributed by atoms with Crippen LogP contribution in [0.25, 0.3) is 16.3 Å². The van der Waals surface area contributed by atoms with Gasteiger partial charge >= 0.3 is 7.12 Å². The number of imide groups is 1. The first kappa shape index (κ1) is 33.0. The number of fused-ring (bicyclic) bond motifs is 5. The predicted octanol–water partition coefficient (Wildman–Crippen LogP) is 5.25. The van der Waals surface area contributed by atoms with E-state index in [1.54, 1.807) is 24.3 Å². The highest BCUT2D eigenvalue weighted by Gasteiger charge is 2.66. The molecule has 1 aliphatic heterocycles. The van der Waals surface area contributed by atoms with Crippen LogP contribution in [0.1, 0.15) is 35.4 Å². The molecule has 6 unspecified atom stereocenters. The molecular weight excluding hydrogens is 665 g/mol. The molecule has 8 nitrogen and oxygen atoms in total. The summed E-state index contributed by atoms with van der Waals surface area (Å²) in [5, 5.41) is 33.3. The van der Waals surface area contributed by atoms with Crippen molar-refractivity contribution in [2.24, 2.45) is 23.7 Å². The molecule has 0 bridgehead atoms. The summed E-state index contributed by atoms with van der Waals surface area (Å²) in [5.74, 6) is -5.34. The summed E-state index contributed by atoms with van der Waals surface area (Å²) in [5.41, 5.74) is 1.68. The summed E-state index contributed by atoms with van der Waals surface area (Å²) >= 11 is 0. The number of Topliss-reactive ketones (excluding diaryl/α,β-unsaturated/α-hetero) is 1. The molecule has 0 spiro atoms. The van der Waals surface area contributed by atoms with Gasteiger partial charge in [0.1, 0.15) is 5.75 Å².